The van der Waals surface area contributed by atoms with Crippen LogP contribution < -0.4 is 20.5 Å². The van der Waals surface area contributed by atoms with Crippen LogP contribution in [0.2, 0.25) is 0 Å². The number of carbonyl (C=O) groups excluding carboxylic acids is 1. The molecular weight excluding hydrogens is 368 g/mol. The van der Waals surface area contributed by atoms with Crippen molar-refractivity contribution in [1.82, 2.24) is 9.61 Å². The van der Waals surface area contributed by atoms with Gasteiger partial charge < -0.3 is 20.5 Å². The molecule has 0 spiro atoms. The number of amides is 1. The van der Waals surface area contributed by atoms with Crippen LogP contribution in [-0.2, 0) is 0 Å². The SMILES string of the molecule is NC(=O)c1cnn2ccc3c2c1-c1ccccc1NC3c1cccc2c1OCO2. The lowest BCUT2D eigenvalue weighted by Gasteiger charge is -2.20. The summed E-state index contributed by atoms with van der Waals surface area (Å²) in [7, 11) is 0. The quantitative estimate of drug-likeness (QED) is 0.553. The molecule has 0 radical (unpaired) electrons. The third kappa shape index (κ3) is 2.18. The van der Waals surface area contributed by atoms with E-state index in [2.05, 4.69) is 10.4 Å². The summed E-state index contributed by atoms with van der Waals surface area (Å²) in [6.45, 7) is 0.199. The Hall–Kier alpha value is -4.00. The normalized spacial score (nSPS) is 16.2. The van der Waals surface area contributed by atoms with Crippen molar-refractivity contribution in [2.24, 2.45) is 5.73 Å². The number of rotatable bonds is 2. The van der Waals surface area contributed by atoms with Crippen molar-refractivity contribution in [3.63, 3.8) is 0 Å². The number of nitrogens with two attached hydrogens (primary N) is 1. The van der Waals surface area contributed by atoms with Crippen LogP contribution in [0, 0.1) is 0 Å². The van der Waals surface area contributed by atoms with Crippen LogP contribution in [-0.4, -0.2) is 22.3 Å². The predicted octanol–water partition coefficient (Wildman–Crippen LogP) is 3.34. The number of ether oxygens (including phenoxy) is 2. The first-order chi connectivity index (χ1) is 14.2. The zero-order chi connectivity index (χ0) is 19.5. The van der Waals surface area contributed by atoms with E-state index in [1.54, 1.807) is 4.52 Å². The highest BCUT2D eigenvalue weighted by Crippen LogP contribution is 2.47. The molecule has 0 saturated heterocycles. The van der Waals surface area contributed by atoms with Crippen LogP contribution in [0.15, 0.2) is 60.9 Å². The first kappa shape index (κ1) is 16.0. The maximum Gasteiger partial charge on any atom is 0.251 e. The fourth-order valence-corrected chi connectivity index (χ4v) is 4.28. The van der Waals surface area contributed by atoms with Crippen molar-refractivity contribution in [1.29, 1.82) is 0 Å². The Labute approximate surface area is 165 Å². The van der Waals surface area contributed by atoms with Gasteiger partial charge in [0.1, 0.15) is 0 Å². The van der Waals surface area contributed by atoms with Gasteiger partial charge in [-0.15, -0.1) is 0 Å². The van der Waals surface area contributed by atoms with Crippen LogP contribution in [0.3, 0.4) is 0 Å². The highest BCUT2D eigenvalue weighted by molar-refractivity contribution is 6.07. The topological polar surface area (TPSA) is 90.9 Å². The number of hydrogen-bond acceptors (Lipinski definition) is 5. The third-order valence-corrected chi connectivity index (χ3v) is 5.53. The van der Waals surface area contributed by atoms with Crippen molar-refractivity contribution in [2.75, 3.05) is 12.1 Å². The standard InChI is InChI=1S/C22H16N4O3/c23-22(27)15-10-24-26-9-8-13-19(14-5-3-7-17-21(14)29-11-28-17)25-16-6-2-1-4-12(16)18(15)20(13)26/h1-10,19,25H,11H2,(H2,23,27). The molecule has 0 bridgehead atoms. The van der Waals surface area contributed by atoms with E-state index in [1.165, 1.54) is 6.20 Å². The maximum atomic E-state index is 12.2. The number of anilines is 1. The molecule has 2 aromatic carbocycles. The number of fused-ring (bicyclic) bond motifs is 3. The van der Waals surface area contributed by atoms with E-state index in [9.17, 15) is 4.79 Å². The monoisotopic (exact) mass is 384 g/mol. The Bertz CT molecular complexity index is 1310. The Kier molecular flexibility index (Phi) is 3.17. The molecule has 4 heterocycles. The number of nitrogens with zero attached hydrogens (tertiary/aromatic N) is 2. The van der Waals surface area contributed by atoms with Gasteiger partial charge in [0, 0.05) is 34.1 Å². The molecule has 3 N–H and O–H groups in total. The second kappa shape index (κ2) is 5.75. The van der Waals surface area contributed by atoms with E-state index in [1.807, 2.05) is 54.7 Å². The molecule has 1 atom stereocenters. The first-order valence-corrected chi connectivity index (χ1v) is 9.27. The minimum Gasteiger partial charge on any atom is -0.454 e. The second-order valence-electron chi connectivity index (χ2n) is 7.07. The zero-order valence-electron chi connectivity index (χ0n) is 15.3. The molecule has 2 aliphatic heterocycles. The van der Waals surface area contributed by atoms with Crippen molar-refractivity contribution in [3.8, 4) is 22.6 Å². The van der Waals surface area contributed by atoms with E-state index in [4.69, 9.17) is 15.2 Å². The third-order valence-electron chi connectivity index (χ3n) is 5.53. The summed E-state index contributed by atoms with van der Waals surface area (Å²) >= 11 is 0. The molecule has 7 nitrogen and oxygen atoms in total. The van der Waals surface area contributed by atoms with Gasteiger partial charge in [0.2, 0.25) is 6.79 Å². The Morgan fingerprint density at radius 3 is 2.90 bits per heavy atom. The predicted molar refractivity (Wildman–Crippen MR) is 107 cm³/mol. The van der Waals surface area contributed by atoms with E-state index in [-0.39, 0.29) is 12.8 Å². The molecular formula is C22H16N4O3. The number of benzene rings is 2. The van der Waals surface area contributed by atoms with E-state index >= 15 is 0 Å². The molecule has 1 unspecified atom stereocenters. The Balaban J connectivity index is 1.71. The van der Waals surface area contributed by atoms with Gasteiger partial charge in [-0.3, -0.25) is 4.79 Å². The number of aromatic nitrogens is 2. The fourth-order valence-electron chi connectivity index (χ4n) is 4.28. The largest absolute Gasteiger partial charge is 0.454 e. The van der Waals surface area contributed by atoms with Crippen molar-refractivity contribution >= 4 is 17.1 Å². The summed E-state index contributed by atoms with van der Waals surface area (Å²) in [6, 6.07) is 15.5. The van der Waals surface area contributed by atoms with E-state index in [0.717, 1.165) is 45.0 Å². The molecule has 7 heteroatoms. The summed E-state index contributed by atoms with van der Waals surface area (Å²) in [6.07, 6.45) is 3.42. The van der Waals surface area contributed by atoms with Crippen LogP contribution in [0.4, 0.5) is 5.69 Å². The Morgan fingerprint density at radius 1 is 1.10 bits per heavy atom. The summed E-state index contributed by atoms with van der Waals surface area (Å²) in [5.74, 6) is 0.943. The van der Waals surface area contributed by atoms with Gasteiger partial charge in [-0.2, -0.15) is 5.10 Å². The highest BCUT2D eigenvalue weighted by atomic mass is 16.7. The van der Waals surface area contributed by atoms with Gasteiger partial charge in [-0.05, 0) is 18.2 Å². The summed E-state index contributed by atoms with van der Waals surface area (Å²) in [5.41, 5.74) is 11.5. The molecule has 1 amide bonds. The van der Waals surface area contributed by atoms with Crippen molar-refractivity contribution in [3.05, 3.63) is 77.6 Å². The number of nitrogens with one attached hydrogen (secondary N) is 1. The maximum absolute atomic E-state index is 12.2. The minimum absolute atomic E-state index is 0.199. The van der Waals surface area contributed by atoms with Gasteiger partial charge in [0.15, 0.2) is 11.5 Å². The van der Waals surface area contributed by atoms with Crippen molar-refractivity contribution in [2.45, 2.75) is 6.04 Å². The van der Waals surface area contributed by atoms with E-state index in [0.29, 0.717) is 5.56 Å². The smallest absolute Gasteiger partial charge is 0.251 e. The summed E-state index contributed by atoms with van der Waals surface area (Å²) in [5, 5.41) is 8.05. The van der Waals surface area contributed by atoms with Gasteiger partial charge >= 0.3 is 0 Å². The van der Waals surface area contributed by atoms with Crippen LogP contribution in [0.1, 0.15) is 27.5 Å². The number of para-hydroxylation sites is 2. The minimum atomic E-state index is -0.507. The van der Waals surface area contributed by atoms with Crippen LogP contribution >= 0.6 is 0 Å². The second-order valence-corrected chi connectivity index (χ2v) is 7.07. The zero-order valence-corrected chi connectivity index (χ0v) is 15.3. The average Bonchev–Trinajstić information content (AvgIpc) is 3.35. The number of hydrogen-bond donors (Lipinski definition) is 2. The van der Waals surface area contributed by atoms with Gasteiger partial charge in [-0.1, -0.05) is 30.3 Å². The molecule has 2 aliphatic rings. The number of carbonyl (C=O) groups is 1. The molecule has 0 aliphatic carbocycles. The van der Waals surface area contributed by atoms with Crippen LogP contribution in [0.25, 0.3) is 16.6 Å². The molecule has 2 aromatic heterocycles. The molecule has 4 aromatic rings. The lowest BCUT2D eigenvalue weighted by Crippen LogP contribution is -2.14. The van der Waals surface area contributed by atoms with Gasteiger partial charge in [-0.25, -0.2) is 4.52 Å². The van der Waals surface area contributed by atoms with Gasteiger partial charge in [0.05, 0.1) is 23.3 Å². The molecule has 142 valence electrons. The molecule has 0 fully saturated rings. The molecule has 6 rings (SSSR count). The Morgan fingerprint density at radius 2 is 2.00 bits per heavy atom. The molecule has 0 saturated carbocycles. The number of primary amides is 1. The lowest BCUT2D eigenvalue weighted by atomic mass is 9.96. The highest BCUT2D eigenvalue weighted by Gasteiger charge is 2.31. The summed E-state index contributed by atoms with van der Waals surface area (Å²) < 4.78 is 13.1. The van der Waals surface area contributed by atoms with E-state index < -0.39 is 5.91 Å². The first-order valence-electron chi connectivity index (χ1n) is 9.27. The summed E-state index contributed by atoms with van der Waals surface area (Å²) in [4.78, 5) is 12.2. The van der Waals surface area contributed by atoms with Gasteiger partial charge in [0.25, 0.3) is 5.91 Å². The average molecular weight is 384 g/mol. The van der Waals surface area contributed by atoms with Crippen LogP contribution in [0.5, 0.6) is 11.5 Å². The van der Waals surface area contributed by atoms with Crippen molar-refractivity contribution < 1.29 is 14.3 Å². The molecule has 29 heavy (non-hydrogen) atoms. The lowest BCUT2D eigenvalue weighted by molar-refractivity contribution is 0.100. The fraction of sp³-hybridized carbons (Fsp3) is 0.0909.